The number of sulfonamides is 1. The zero-order chi connectivity index (χ0) is 25.9. The third-order valence-corrected chi connectivity index (χ3v) is 6.57. The molecule has 4 rings (SSSR count). The second-order valence-corrected chi connectivity index (χ2v) is 9.23. The van der Waals surface area contributed by atoms with Crippen molar-refractivity contribution in [3.8, 4) is 17.1 Å². The molecule has 0 aliphatic heterocycles. The van der Waals surface area contributed by atoms with Gasteiger partial charge >= 0.3 is 0 Å². The van der Waals surface area contributed by atoms with Gasteiger partial charge in [0, 0.05) is 19.3 Å². The predicted octanol–water partition coefficient (Wildman–Crippen LogP) is 5.28. The lowest BCUT2D eigenvalue weighted by Crippen LogP contribution is -2.15. The van der Waals surface area contributed by atoms with E-state index in [1.165, 1.54) is 49.4 Å². The van der Waals surface area contributed by atoms with E-state index in [2.05, 4.69) is 19.7 Å². The molecule has 184 valence electrons. The highest BCUT2D eigenvalue weighted by molar-refractivity contribution is 7.92. The number of carbonyl (C=O) groups excluding carboxylic acids is 1. The van der Waals surface area contributed by atoms with Gasteiger partial charge in [-0.05, 0) is 18.2 Å². The predicted molar refractivity (Wildman–Crippen MR) is 131 cm³/mol. The number of halogens is 3. The van der Waals surface area contributed by atoms with Gasteiger partial charge < -0.3 is 9.14 Å². The molecular weight excluding hydrogens is 520 g/mol. The summed E-state index contributed by atoms with van der Waals surface area (Å²) in [5.41, 5.74) is 0.493. The van der Waals surface area contributed by atoms with Crippen molar-refractivity contribution in [2.45, 2.75) is 25.7 Å². The summed E-state index contributed by atoms with van der Waals surface area (Å²) in [5, 5.41) is -0.156. The van der Waals surface area contributed by atoms with Crippen LogP contribution in [0.5, 0.6) is 5.88 Å². The molecule has 3 aromatic heterocycles. The Morgan fingerprint density at radius 3 is 2.51 bits per heavy atom. The molecular formula is C22H20Cl2FN5O4S. The first-order valence-corrected chi connectivity index (χ1v) is 12.4. The molecule has 0 radical (unpaired) electrons. The fourth-order valence-corrected chi connectivity index (χ4v) is 4.91. The Bertz CT molecular complexity index is 1530. The largest absolute Gasteiger partial charge is 0.480 e. The Morgan fingerprint density at radius 1 is 1.14 bits per heavy atom. The van der Waals surface area contributed by atoms with E-state index in [-0.39, 0.29) is 49.2 Å². The lowest BCUT2D eigenvalue weighted by molar-refractivity contribution is 0.101. The number of fused-ring (bicyclic) bond motifs is 1. The van der Waals surface area contributed by atoms with Gasteiger partial charge in [0.15, 0.2) is 10.7 Å². The van der Waals surface area contributed by atoms with Crippen molar-refractivity contribution in [2.75, 3.05) is 11.8 Å². The van der Waals surface area contributed by atoms with Crippen LogP contribution < -0.4 is 9.46 Å². The molecule has 13 heteroatoms. The van der Waals surface area contributed by atoms with Gasteiger partial charge in [0.2, 0.25) is 5.88 Å². The molecule has 35 heavy (non-hydrogen) atoms. The topological polar surface area (TPSA) is 116 Å². The Morgan fingerprint density at radius 2 is 1.86 bits per heavy atom. The fourth-order valence-electron chi connectivity index (χ4n) is 3.12. The molecule has 0 atom stereocenters. The highest BCUT2D eigenvalue weighted by Crippen LogP contribution is 2.37. The highest BCUT2D eigenvalue weighted by atomic mass is 35.5. The van der Waals surface area contributed by atoms with Crippen molar-refractivity contribution < 1.29 is 22.3 Å². The van der Waals surface area contributed by atoms with Crippen LogP contribution in [0.3, 0.4) is 0 Å². The molecule has 3 heterocycles. The van der Waals surface area contributed by atoms with Gasteiger partial charge in [-0.15, -0.1) is 0 Å². The van der Waals surface area contributed by atoms with E-state index in [9.17, 15) is 17.6 Å². The van der Waals surface area contributed by atoms with E-state index >= 15 is 0 Å². The van der Waals surface area contributed by atoms with Crippen LogP contribution >= 0.6 is 23.2 Å². The van der Waals surface area contributed by atoms with Crippen molar-refractivity contribution in [3.63, 3.8) is 0 Å². The first-order valence-electron chi connectivity index (χ1n) is 10.2. The van der Waals surface area contributed by atoms with Gasteiger partial charge in [0.25, 0.3) is 10.0 Å². The third kappa shape index (κ3) is 5.21. The standard InChI is InChI=1S/C20H14Cl2FN5O4S.C2H6/c1-10(29)19-15-7-24-14(8-28(15)9-26-19)17-12(23)3-4-13(18(17)22)27-33(30,31)16-5-11(21)6-25-20(16)32-2;1-2/h3-9,27H,1-2H3;1-2H3. The monoisotopic (exact) mass is 539 g/mol. The Labute approximate surface area is 211 Å². The summed E-state index contributed by atoms with van der Waals surface area (Å²) in [7, 11) is -3.00. The van der Waals surface area contributed by atoms with Crippen LogP contribution in [0.1, 0.15) is 31.3 Å². The maximum Gasteiger partial charge on any atom is 0.267 e. The quantitative estimate of drug-likeness (QED) is 0.331. The molecule has 0 unspecified atom stereocenters. The lowest BCUT2D eigenvalue weighted by Gasteiger charge is -2.14. The third-order valence-electron chi connectivity index (χ3n) is 4.61. The van der Waals surface area contributed by atoms with Crippen LogP contribution in [-0.2, 0) is 10.0 Å². The number of carbonyl (C=O) groups is 1. The maximum atomic E-state index is 14.7. The molecule has 0 aliphatic rings. The normalized spacial score (nSPS) is 11.1. The molecule has 0 saturated heterocycles. The second-order valence-electron chi connectivity index (χ2n) is 6.76. The van der Waals surface area contributed by atoms with Crippen molar-refractivity contribution in [1.29, 1.82) is 0 Å². The summed E-state index contributed by atoms with van der Waals surface area (Å²) in [4.78, 5) is 23.4. The SMILES string of the molecule is CC.COc1ncc(Cl)cc1S(=O)(=O)Nc1ccc(F)c(-c2cn3cnc(C(C)=O)c3cn2)c1Cl. The van der Waals surface area contributed by atoms with E-state index in [1.54, 1.807) is 0 Å². The van der Waals surface area contributed by atoms with Gasteiger partial charge in [-0.3, -0.25) is 14.5 Å². The minimum absolute atomic E-state index is 0.0739. The molecule has 0 saturated carbocycles. The average Bonchev–Trinajstić information content (AvgIpc) is 3.26. The number of anilines is 1. The summed E-state index contributed by atoms with van der Waals surface area (Å²) in [5.74, 6) is -1.17. The molecule has 0 amide bonds. The van der Waals surface area contributed by atoms with Gasteiger partial charge in [-0.25, -0.2) is 22.8 Å². The zero-order valence-corrected chi connectivity index (χ0v) is 21.3. The van der Waals surface area contributed by atoms with Gasteiger partial charge in [0.05, 0.1) is 45.8 Å². The number of imidazole rings is 1. The molecule has 0 fully saturated rings. The second kappa shape index (κ2) is 10.5. The first kappa shape index (κ1) is 26.3. The summed E-state index contributed by atoms with van der Waals surface area (Å²) < 4.78 is 49.5. The number of nitrogens with zero attached hydrogens (tertiary/aromatic N) is 4. The Hall–Kier alpha value is -3.28. The van der Waals surface area contributed by atoms with Crippen LogP contribution in [0.25, 0.3) is 16.8 Å². The van der Waals surface area contributed by atoms with Crippen LogP contribution in [0.15, 0.2) is 48.0 Å². The van der Waals surface area contributed by atoms with Crippen LogP contribution in [0.4, 0.5) is 10.1 Å². The van der Waals surface area contributed by atoms with Crippen LogP contribution in [-0.4, -0.2) is 40.7 Å². The van der Waals surface area contributed by atoms with E-state index < -0.39 is 15.8 Å². The lowest BCUT2D eigenvalue weighted by atomic mass is 10.1. The number of pyridine rings is 1. The van der Waals surface area contributed by atoms with E-state index in [0.29, 0.717) is 5.52 Å². The number of methoxy groups -OCH3 is 1. The van der Waals surface area contributed by atoms with E-state index in [0.717, 1.165) is 12.1 Å². The van der Waals surface area contributed by atoms with Crippen LogP contribution in [0, 0.1) is 5.82 Å². The van der Waals surface area contributed by atoms with Gasteiger partial charge in [-0.1, -0.05) is 37.0 Å². The number of benzene rings is 1. The van der Waals surface area contributed by atoms with E-state index in [4.69, 9.17) is 27.9 Å². The Kier molecular flexibility index (Phi) is 7.93. The molecule has 4 aromatic rings. The molecule has 9 nitrogen and oxygen atoms in total. The van der Waals surface area contributed by atoms with Crippen LogP contribution in [0.2, 0.25) is 10.0 Å². The average molecular weight is 540 g/mol. The number of Topliss-reactive ketones (excluding diaryl/α,β-unsaturated/α-hetero) is 1. The molecule has 0 spiro atoms. The number of ether oxygens (including phenoxy) is 1. The summed E-state index contributed by atoms with van der Waals surface area (Å²) in [6, 6.07) is 3.38. The number of rotatable bonds is 6. The van der Waals surface area contributed by atoms with E-state index in [1.807, 2.05) is 13.8 Å². The molecule has 0 aliphatic carbocycles. The Balaban J connectivity index is 0.00000167. The molecule has 0 bridgehead atoms. The van der Waals surface area contributed by atoms with Gasteiger partial charge in [-0.2, -0.15) is 0 Å². The highest BCUT2D eigenvalue weighted by Gasteiger charge is 2.25. The minimum atomic E-state index is -4.26. The zero-order valence-electron chi connectivity index (χ0n) is 19.0. The van der Waals surface area contributed by atoms with Gasteiger partial charge in [0.1, 0.15) is 17.8 Å². The van der Waals surface area contributed by atoms with Crippen molar-refractivity contribution in [1.82, 2.24) is 19.4 Å². The smallest absolute Gasteiger partial charge is 0.267 e. The van der Waals surface area contributed by atoms with Crippen molar-refractivity contribution in [2.24, 2.45) is 0 Å². The molecule has 1 N–H and O–H groups in total. The van der Waals surface area contributed by atoms with Crippen molar-refractivity contribution in [3.05, 3.63) is 64.7 Å². The number of nitrogens with one attached hydrogen (secondary N) is 1. The summed E-state index contributed by atoms with van der Waals surface area (Å²) in [6.45, 7) is 5.37. The fraction of sp³-hybridized carbons (Fsp3) is 0.182. The number of hydrogen-bond acceptors (Lipinski definition) is 7. The summed E-state index contributed by atoms with van der Waals surface area (Å²) >= 11 is 12.3. The number of aromatic nitrogens is 4. The minimum Gasteiger partial charge on any atom is -0.480 e. The summed E-state index contributed by atoms with van der Waals surface area (Å²) in [6.07, 6.45) is 5.40. The van der Waals surface area contributed by atoms with Crippen molar-refractivity contribution >= 4 is 50.2 Å². The molecule has 1 aromatic carbocycles. The number of ketones is 1. The first-order chi connectivity index (χ1) is 16.6. The number of hydrogen-bond donors (Lipinski definition) is 1. The maximum absolute atomic E-state index is 14.7.